The van der Waals surface area contributed by atoms with E-state index in [-0.39, 0.29) is 37.6 Å². The second-order valence-corrected chi connectivity index (χ2v) is 8.82. The molecule has 1 aromatic rings. The Labute approximate surface area is 216 Å². The number of ether oxygens (including phenoxy) is 3. The predicted molar refractivity (Wildman–Crippen MR) is 133 cm³/mol. The highest BCUT2D eigenvalue weighted by Gasteiger charge is 2.34. The van der Waals surface area contributed by atoms with Gasteiger partial charge in [-0.15, -0.1) is 0 Å². The van der Waals surface area contributed by atoms with Gasteiger partial charge < -0.3 is 34.6 Å². The number of carboxylic acids is 1. The lowest BCUT2D eigenvalue weighted by Crippen LogP contribution is -2.42. The molecule has 11 nitrogen and oxygen atoms in total. The number of unbranched alkanes of at least 4 members (excludes halogenated alkanes) is 1. The van der Waals surface area contributed by atoms with Crippen molar-refractivity contribution in [3.05, 3.63) is 41.5 Å². The molecule has 11 heteroatoms. The maximum atomic E-state index is 12.0. The summed E-state index contributed by atoms with van der Waals surface area (Å²) in [6.07, 6.45) is 2.73. The van der Waals surface area contributed by atoms with Crippen LogP contribution in [0.4, 0.5) is 0 Å². The van der Waals surface area contributed by atoms with Crippen LogP contribution < -0.4 is 10.1 Å². The summed E-state index contributed by atoms with van der Waals surface area (Å²) in [6, 6.07) is 5.65. The van der Waals surface area contributed by atoms with Crippen LogP contribution in [0.25, 0.3) is 0 Å². The lowest BCUT2D eigenvalue weighted by Gasteiger charge is -2.31. The Morgan fingerprint density at radius 2 is 2.03 bits per heavy atom. The van der Waals surface area contributed by atoms with Gasteiger partial charge in [-0.3, -0.25) is 14.4 Å². The number of methoxy groups -OCH3 is 1. The van der Waals surface area contributed by atoms with Gasteiger partial charge in [-0.2, -0.15) is 0 Å². The number of allylic oxidation sites excluding steroid dienone is 1. The van der Waals surface area contributed by atoms with Crippen LogP contribution in [0.2, 0.25) is 0 Å². The molecule has 1 aliphatic rings. The van der Waals surface area contributed by atoms with E-state index in [0.29, 0.717) is 25.2 Å². The maximum Gasteiger partial charge on any atom is 0.333 e. The third-order valence-corrected chi connectivity index (χ3v) is 5.81. The van der Waals surface area contributed by atoms with Crippen LogP contribution in [0.1, 0.15) is 43.2 Å². The van der Waals surface area contributed by atoms with E-state index in [4.69, 9.17) is 14.2 Å². The van der Waals surface area contributed by atoms with Crippen molar-refractivity contribution < 1.29 is 43.6 Å². The van der Waals surface area contributed by atoms with Crippen molar-refractivity contribution >= 4 is 24.1 Å². The first-order chi connectivity index (χ1) is 17.7. The van der Waals surface area contributed by atoms with Crippen molar-refractivity contribution in [2.24, 2.45) is 0 Å². The highest BCUT2D eigenvalue weighted by atomic mass is 16.7. The maximum absolute atomic E-state index is 12.0. The Kier molecular flexibility index (Phi) is 12.7. The minimum atomic E-state index is -1.14. The number of likely N-dealkylation sites (N-methyl/N-ethyl adjacent to an activating group) is 1. The molecule has 1 aliphatic heterocycles. The summed E-state index contributed by atoms with van der Waals surface area (Å²) in [7, 11) is 3.13. The molecule has 3 atom stereocenters. The Morgan fingerprint density at radius 1 is 1.24 bits per heavy atom. The third-order valence-electron chi connectivity index (χ3n) is 5.81. The van der Waals surface area contributed by atoms with Gasteiger partial charge in [0.2, 0.25) is 18.1 Å². The molecule has 37 heavy (non-hydrogen) atoms. The number of nitrogens with one attached hydrogen (secondary N) is 1. The number of nitrogens with zero attached hydrogens (tertiary/aromatic N) is 1. The first kappa shape index (κ1) is 29.9. The van der Waals surface area contributed by atoms with Crippen molar-refractivity contribution in [3.63, 3.8) is 0 Å². The lowest BCUT2D eigenvalue weighted by molar-refractivity contribution is -0.195. The van der Waals surface area contributed by atoms with Crippen LogP contribution in [0.3, 0.4) is 0 Å². The standard InChI is InChI=1S/C26H36N2O9/c1-28(24(32)7-5-13-29)12-10-23(31)27-11-4-3-6-18-8-9-21(19(14-18)17-35-2)36-25-16-20(30)15-22(37-25)26(33)34/h5,7-9,13-14,20,22,25,30H,3-4,6,10-12,15-17H2,1-2H3,(H,27,31)(H,33,34)/b7-5-. The molecule has 2 rings (SSSR count). The van der Waals surface area contributed by atoms with Gasteiger partial charge in [0.1, 0.15) is 12.0 Å². The molecule has 1 fully saturated rings. The van der Waals surface area contributed by atoms with Crippen molar-refractivity contribution in [1.82, 2.24) is 10.2 Å². The number of hydrogen-bond donors (Lipinski definition) is 3. The van der Waals surface area contributed by atoms with E-state index < -0.39 is 24.5 Å². The van der Waals surface area contributed by atoms with Crippen LogP contribution in [-0.4, -0.2) is 84.9 Å². The zero-order chi connectivity index (χ0) is 27.2. The van der Waals surface area contributed by atoms with E-state index in [1.807, 2.05) is 12.1 Å². The molecule has 0 aromatic heterocycles. The number of carbonyl (C=O) groups excluding carboxylic acids is 3. The largest absolute Gasteiger partial charge is 0.479 e. The molecule has 1 saturated heterocycles. The quantitative estimate of drug-likeness (QED) is 0.176. The van der Waals surface area contributed by atoms with Gasteiger partial charge in [-0.05, 0) is 43.0 Å². The van der Waals surface area contributed by atoms with Crippen molar-refractivity contribution in [2.45, 2.75) is 63.6 Å². The van der Waals surface area contributed by atoms with Crippen LogP contribution in [0.15, 0.2) is 30.4 Å². The Hall–Kier alpha value is -3.28. The first-order valence-corrected chi connectivity index (χ1v) is 12.2. The molecule has 1 heterocycles. The SMILES string of the molecule is COCc1cc(CCCCNC(=O)CCN(C)C(=O)/C=C\C=O)ccc1OC1CC(O)CC(C(=O)O)O1. The zero-order valence-electron chi connectivity index (χ0n) is 21.3. The molecule has 3 N–H and O–H groups in total. The summed E-state index contributed by atoms with van der Waals surface area (Å²) in [5, 5.41) is 22.0. The molecule has 3 unspecified atom stereocenters. The van der Waals surface area contributed by atoms with Crippen molar-refractivity contribution in [2.75, 3.05) is 27.2 Å². The Bertz CT molecular complexity index is 950. The second-order valence-electron chi connectivity index (χ2n) is 8.82. The van der Waals surface area contributed by atoms with Gasteiger partial charge in [-0.25, -0.2) is 4.79 Å². The molecule has 0 bridgehead atoms. The van der Waals surface area contributed by atoms with Crippen molar-refractivity contribution in [1.29, 1.82) is 0 Å². The van der Waals surface area contributed by atoms with Gasteiger partial charge in [0.05, 0.1) is 12.7 Å². The number of aldehydes is 1. The minimum absolute atomic E-state index is 0.0241. The fourth-order valence-electron chi connectivity index (χ4n) is 3.81. The molecule has 0 aliphatic carbocycles. The zero-order valence-corrected chi connectivity index (χ0v) is 21.3. The molecular weight excluding hydrogens is 484 g/mol. The summed E-state index contributed by atoms with van der Waals surface area (Å²) < 4.78 is 16.6. The topological polar surface area (TPSA) is 152 Å². The van der Waals surface area contributed by atoms with E-state index >= 15 is 0 Å². The van der Waals surface area contributed by atoms with Gasteiger partial charge in [-0.1, -0.05) is 6.07 Å². The van der Waals surface area contributed by atoms with Gasteiger partial charge in [0.15, 0.2) is 6.10 Å². The molecule has 1 aromatic carbocycles. The van der Waals surface area contributed by atoms with Gasteiger partial charge in [0.25, 0.3) is 0 Å². The highest BCUT2D eigenvalue weighted by Crippen LogP contribution is 2.27. The number of rotatable bonds is 15. The van der Waals surface area contributed by atoms with Crippen molar-refractivity contribution in [3.8, 4) is 5.75 Å². The average Bonchev–Trinajstić information content (AvgIpc) is 2.86. The number of benzene rings is 1. The number of aryl methyl sites for hydroxylation is 1. The summed E-state index contributed by atoms with van der Waals surface area (Å²) in [5.74, 6) is -1.12. The monoisotopic (exact) mass is 520 g/mol. The van der Waals surface area contributed by atoms with E-state index in [2.05, 4.69) is 5.32 Å². The molecule has 0 saturated carbocycles. The van der Waals surface area contributed by atoms with Gasteiger partial charge in [0, 0.05) is 58.1 Å². The third kappa shape index (κ3) is 10.7. The molecule has 2 amide bonds. The van der Waals surface area contributed by atoms with E-state index in [9.17, 15) is 29.4 Å². The Balaban J connectivity index is 1.77. The molecule has 0 spiro atoms. The smallest absolute Gasteiger partial charge is 0.333 e. The van der Waals surface area contributed by atoms with Crippen LogP contribution >= 0.6 is 0 Å². The summed E-state index contributed by atoms with van der Waals surface area (Å²) in [5.41, 5.74) is 1.84. The number of hydrogen-bond acceptors (Lipinski definition) is 8. The number of aliphatic hydroxyl groups is 1. The van der Waals surface area contributed by atoms with E-state index in [1.54, 1.807) is 20.2 Å². The summed E-state index contributed by atoms with van der Waals surface area (Å²) >= 11 is 0. The lowest BCUT2D eigenvalue weighted by atomic mass is 10.0. The predicted octanol–water partition coefficient (Wildman–Crippen LogP) is 1.20. The van der Waals surface area contributed by atoms with Crippen LogP contribution in [-0.2, 0) is 41.7 Å². The normalized spacial score (nSPS) is 19.4. The first-order valence-electron chi connectivity index (χ1n) is 12.2. The number of carboxylic acid groups (broad SMARTS) is 1. The van der Waals surface area contributed by atoms with Crippen LogP contribution in [0, 0.1) is 0 Å². The number of aliphatic hydroxyl groups excluding tert-OH is 1. The average molecular weight is 521 g/mol. The van der Waals surface area contributed by atoms with E-state index in [0.717, 1.165) is 42.5 Å². The summed E-state index contributed by atoms with van der Waals surface area (Å²) in [6.45, 7) is 1.06. The van der Waals surface area contributed by atoms with Gasteiger partial charge >= 0.3 is 5.97 Å². The fourth-order valence-corrected chi connectivity index (χ4v) is 3.81. The summed E-state index contributed by atoms with van der Waals surface area (Å²) in [4.78, 5) is 46.6. The number of amides is 2. The minimum Gasteiger partial charge on any atom is -0.479 e. The molecular formula is C26H36N2O9. The van der Waals surface area contributed by atoms with E-state index in [1.165, 1.54) is 4.90 Å². The molecule has 204 valence electrons. The number of aliphatic carboxylic acids is 1. The second kappa shape index (κ2) is 15.7. The van der Waals surface area contributed by atoms with Crippen LogP contribution in [0.5, 0.6) is 5.75 Å². The highest BCUT2D eigenvalue weighted by molar-refractivity contribution is 5.91. The number of carbonyl (C=O) groups is 4. The fraction of sp³-hybridized carbons (Fsp3) is 0.538. The molecule has 0 radical (unpaired) electrons. The Morgan fingerprint density at radius 3 is 2.73 bits per heavy atom.